The number of carbonyl (C=O) groups is 1. The summed E-state index contributed by atoms with van der Waals surface area (Å²) in [5.74, 6) is -0.0706. The van der Waals surface area contributed by atoms with Gasteiger partial charge in [0, 0.05) is 4.91 Å². The maximum Gasteiger partial charge on any atom is 0.273 e. The molecule has 1 N–H and O–H groups in total. The second-order valence-electron chi connectivity index (χ2n) is 4.13. The van der Waals surface area contributed by atoms with E-state index in [-0.39, 0.29) is 11.3 Å². The highest BCUT2D eigenvalue weighted by Crippen LogP contribution is 2.31. The van der Waals surface area contributed by atoms with Gasteiger partial charge >= 0.3 is 0 Å². The first-order valence-electron chi connectivity index (χ1n) is 5.95. The largest absolute Gasteiger partial charge is 0.298 e. The summed E-state index contributed by atoms with van der Waals surface area (Å²) in [5.41, 5.74) is 0.916. The molecule has 1 aromatic carbocycles. The molecule has 0 saturated heterocycles. The zero-order valence-corrected chi connectivity index (χ0v) is 11.9. The van der Waals surface area contributed by atoms with E-state index in [9.17, 15) is 9.59 Å². The van der Waals surface area contributed by atoms with E-state index in [4.69, 9.17) is 0 Å². The molecule has 0 saturated carbocycles. The van der Waals surface area contributed by atoms with E-state index >= 15 is 0 Å². The molecule has 0 spiro atoms. The third-order valence-corrected chi connectivity index (χ3v) is 3.39. The number of rotatable bonds is 4. The van der Waals surface area contributed by atoms with Crippen LogP contribution < -0.4 is 5.56 Å². The minimum Gasteiger partial charge on any atom is -0.298 e. The fourth-order valence-electron chi connectivity index (χ4n) is 1.49. The molecule has 2 rings (SSSR count). The Morgan fingerprint density at radius 2 is 1.95 bits per heavy atom. The van der Waals surface area contributed by atoms with Crippen LogP contribution in [-0.4, -0.2) is 21.0 Å². The number of aromatic amines is 1. The van der Waals surface area contributed by atoms with Crippen molar-refractivity contribution in [3.8, 4) is 0 Å². The number of nitrogens with zero attached hydrogens (tertiary/aromatic N) is 2. The van der Waals surface area contributed by atoms with Crippen molar-refractivity contribution in [1.29, 1.82) is 0 Å². The maximum absolute atomic E-state index is 11.5. The van der Waals surface area contributed by atoms with Crippen LogP contribution in [0.25, 0.3) is 4.91 Å². The Morgan fingerprint density at radius 3 is 2.55 bits per heavy atom. The third kappa shape index (κ3) is 3.64. The zero-order chi connectivity index (χ0) is 14.5. The number of nitrogens with one attached hydrogen (secondary N) is 1. The molecule has 0 bridgehead atoms. The van der Waals surface area contributed by atoms with Gasteiger partial charge < -0.3 is 0 Å². The summed E-state index contributed by atoms with van der Waals surface area (Å²) in [5, 5.41) is 8.05. The third-order valence-electron chi connectivity index (χ3n) is 2.44. The van der Waals surface area contributed by atoms with Gasteiger partial charge in [-0.25, -0.2) is 0 Å². The van der Waals surface area contributed by atoms with Crippen molar-refractivity contribution in [2.45, 2.75) is 19.0 Å². The highest BCUT2D eigenvalue weighted by molar-refractivity contribution is 8.08. The summed E-state index contributed by atoms with van der Waals surface area (Å²) in [4.78, 5) is 26.2. The normalized spacial score (nSPS) is 11.4. The molecule has 0 aliphatic heterocycles. The molecule has 0 unspecified atom stereocenters. The Hall–Kier alpha value is -2.21. The Bertz CT molecular complexity index is 708. The molecule has 0 atom stereocenters. The highest BCUT2D eigenvalue weighted by Gasteiger charge is 2.08. The molecule has 0 aliphatic carbocycles. The van der Waals surface area contributed by atoms with Gasteiger partial charge in [0.05, 0.1) is 0 Å². The van der Waals surface area contributed by atoms with E-state index in [0.29, 0.717) is 15.8 Å². The number of aromatic nitrogens is 3. The number of benzene rings is 1. The summed E-state index contributed by atoms with van der Waals surface area (Å²) >= 11 is 1.20. The summed E-state index contributed by atoms with van der Waals surface area (Å²) < 4.78 is 0. The lowest BCUT2D eigenvalue weighted by atomic mass is 10.2. The summed E-state index contributed by atoms with van der Waals surface area (Å²) in [6.45, 7) is 3.07. The molecule has 102 valence electrons. The fourth-order valence-corrected chi connectivity index (χ4v) is 2.40. The van der Waals surface area contributed by atoms with Crippen molar-refractivity contribution in [3.05, 3.63) is 58.0 Å². The number of aryl methyl sites for hydroxylation is 1. The Balaban J connectivity index is 2.36. The molecule has 0 amide bonds. The smallest absolute Gasteiger partial charge is 0.273 e. The van der Waals surface area contributed by atoms with Crippen LogP contribution in [0.5, 0.6) is 0 Å². The first-order valence-corrected chi connectivity index (χ1v) is 6.77. The Labute approximate surface area is 120 Å². The first kappa shape index (κ1) is 14.2. The van der Waals surface area contributed by atoms with Crippen LogP contribution in [0.1, 0.15) is 18.2 Å². The molecule has 6 heteroatoms. The molecule has 2 aromatic rings. The zero-order valence-electron chi connectivity index (χ0n) is 11.1. The first-order chi connectivity index (χ1) is 9.56. The predicted molar refractivity (Wildman–Crippen MR) is 78.3 cm³/mol. The summed E-state index contributed by atoms with van der Waals surface area (Å²) in [6, 6.07) is 9.44. The molecule has 5 nitrogen and oxygen atoms in total. The Morgan fingerprint density at radius 1 is 1.25 bits per heavy atom. The van der Waals surface area contributed by atoms with Gasteiger partial charge in [-0.2, -0.15) is 0 Å². The maximum atomic E-state index is 11.5. The van der Waals surface area contributed by atoms with Crippen molar-refractivity contribution >= 4 is 22.5 Å². The van der Waals surface area contributed by atoms with Gasteiger partial charge in [-0.1, -0.05) is 30.3 Å². The van der Waals surface area contributed by atoms with Crippen LogP contribution in [0.15, 0.2) is 46.4 Å². The lowest BCUT2D eigenvalue weighted by molar-refractivity contribution is -0.112. The van der Waals surface area contributed by atoms with E-state index in [2.05, 4.69) is 15.2 Å². The van der Waals surface area contributed by atoms with Crippen molar-refractivity contribution in [2.75, 3.05) is 0 Å². The predicted octanol–water partition coefficient (Wildman–Crippen LogP) is 2.20. The van der Waals surface area contributed by atoms with Crippen molar-refractivity contribution < 1.29 is 4.79 Å². The topological polar surface area (TPSA) is 75.7 Å². The second-order valence-corrected chi connectivity index (χ2v) is 5.16. The van der Waals surface area contributed by atoms with Gasteiger partial charge in [0.1, 0.15) is 5.69 Å². The van der Waals surface area contributed by atoms with Gasteiger partial charge in [-0.15, -0.1) is 10.2 Å². The van der Waals surface area contributed by atoms with Crippen LogP contribution in [-0.2, 0) is 4.79 Å². The van der Waals surface area contributed by atoms with Gasteiger partial charge in [0.2, 0.25) is 0 Å². The number of hydrogen-bond acceptors (Lipinski definition) is 5. The van der Waals surface area contributed by atoms with Crippen LogP contribution >= 0.6 is 11.8 Å². The van der Waals surface area contributed by atoms with E-state index < -0.39 is 0 Å². The molecule has 0 radical (unpaired) electrons. The quantitative estimate of drug-likeness (QED) is 0.689. The molecule has 0 aliphatic rings. The van der Waals surface area contributed by atoms with Gasteiger partial charge in [0.25, 0.3) is 5.56 Å². The van der Waals surface area contributed by atoms with Crippen molar-refractivity contribution in [2.24, 2.45) is 0 Å². The lowest BCUT2D eigenvalue weighted by Crippen LogP contribution is -2.14. The molecule has 1 heterocycles. The standard InChI is InChI=1S/C14H13N3O2S/c1-9(18)8-12(11-6-4-3-5-7-11)20-14-15-13(19)10(2)16-17-14/h3-8H,1-2H3,(H,15,17,19)/b12-8+. The molecular formula is C14H13N3O2S. The summed E-state index contributed by atoms with van der Waals surface area (Å²) in [7, 11) is 0. The second kappa shape index (κ2) is 6.29. The molecular weight excluding hydrogens is 274 g/mol. The number of hydrogen-bond donors (Lipinski definition) is 1. The number of carbonyl (C=O) groups excluding carboxylic acids is 1. The van der Waals surface area contributed by atoms with Crippen LogP contribution in [0, 0.1) is 6.92 Å². The van der Waals surface area contributed by atoms with E-state index in [0.717, 1.165) is 5.56 Å². The average molecular weight is 287 g/mol. The fraction of sp³-hybridized carbons (Fsp3) is 0.143. The lowest BCUT2D eigenvalue weighted by Gasteiger charge is -2.05. The Kier molecular flexibility index (Phi) is 4.47. The number of ketones is 1. The number of thioether (sulfide) groups is 1. The van der Waals surface area contributed by atoms with Crippen LogP contribution in [0.4, 0.5) is 0 Å². The van der Waals surface area contributed by atoms with Crippen molar-refractivity contribution in [3.63, 3.8) is 0 Å². The van der Waals surface area contributed by atoms with Gasteiger partial charge in [-0.3, -0.25) is 14.6 Å². The van der Waals surface area contributed by atoms with E-state index in [1.165, 1.54) is 24.8 Å². The van der Waals surface area contributed by atoms with E-state index in [1.807, 2.05) is 30.3 Å². The van der Waals surface area contributed by atoms with Crippen molar-refractivity contribution in [1.82, 2.24) is 15.2 Å². The number of H-pyrrole nitrogens is 1. The molecule has 20 heavy (non-hydrogen) atoms. The number of allylic oxidation sites excluding steroid dienone is 1. The molecule has 1 aromatic heterocycles. The minimum absolute atomic E-state index is 0.0706. The van der Waals surface area contributed by atoms with E-state index in [1.54, 1.807) is 6.92 Å². The monoisotopic (exact) mass is 287 g/mol. The van der Waals surface area contributed by atoms with Crippen LogP contribution in [0.2, 0.25) is 0 Å². The minimum atomic E-state index is -0.280. The SMILES string of the molecule is CC(=O)/C=C(/Sc1nnc(C)c(=O)[nH]1)c1ccccc1. The average Bonchev–Trinajstić information content (AvgIpc) is 2.43. The van der Waals surface area contributed by atoms with Gasteiger partial charge in [-0.05, 0) is 37.2 Å². The molecule has 0 fully saturated rings. The van der Waals surface area contributed by atoms with Gasteiger partial charge in [0.15, 0.2) is 10.9 Å². The highest BCUT2D eigenvalue weighted by atomic mass is 32.2. The summed E-state index contributed by atoms with van der Waals surface area (Å²) in [6.07, 6.45) is 1.51. The van der Waals surface area contributed by atoms with Crippen LogP contribution in [0.3, 0.4) is 0 Å².